The second-order valence-electron chi connectivity index (χ2n) is 3.48. The molecule has 0 saturated heterocycles. The van der Waals surface area contributed by atoms with Crippen LogP contribution in [-0.2, 0) is 4.74 Å². The van der Waals surface area contributed by atoms with Crippen molar-refractivity contribution in [2.45, 2.75) is 5.51 Å². The number of hydrogen-bond acceptors (Lipinski definition) is 2. The summed E-state index contributed by atoms with van der Waals surface area (Å²) < 4.78 is 42.5. The molecule has 0 bridgehead atoms. The fourth-order valence-corrected chi connectivity index (χ4v) is 3.21. The summed E-state index contributed by atoms with van der Waals surface area (Å²) in [5.41, 5.74) is -3.97. The predicted octanol–water partition coefficient (Wildman–Crippen LogP) is 3.72. The Morgan fingerprint density at radius 3 is 2.72 bits per heavy atom. The Labute approximate surface area is 109 Å². The molecule has 0 spiro atoms. The lowest BCUT2D eigenvalue weighted by Crippen LogP contribution is -2.33. The molecule has 0 saturated carbocycles. The summed E-state index contributed by atoms with van der Waals surface area (Å²) in [4.78, 5) is 12.6. The minimum atomic E-state index is -4.36. The molecule has 2 aliphatic rings. The van der Waals surface area contributed by atoms with E-state index in [1.165, 1.54) is 13.2 Å². The van der Waals surface area contributed by atoms with Gasteiger partial charge in [0.2, 0.25) is 0 Å². The molecular formula is C10H8ClF3NO2S. The Bertz CT molecular complexity index is 484. The summed E-state index contributed by atoms with van der Waals surface area (Å²) in [5, 5.41) is 2.26. The van der Waals surface area contributed by atoms with E-state index in [4.69, 9.17) is 11.6 Å². The molecule has 2 rings (SSSR count). The van der Waals surface area contributed by atoms with Crippen molar-refractivity contribution in [3.8, 4) is 0 Å². The van der Waals surface area contributed by atoms with Gasteiger partial charge in [0.1, 0.15) is 0 Å². The van der Waals surface area contributed by atoms with Gasteiger partial charge in [-0.1, -0.05) is 22.5 Å². The van der Waals surface area contributed by atoms with E-state index in [1.54, 1.807) is 0 Å². The number of amides is 1. The minimum absolute atomic E-state index is 0.101. The van der Waals surface area contributed by atoms with Crippen LogP contribution in [0.25, 0.3) is 0 Å². The van der Waals surface area contributed by atoms with Crippen molar-refractivity contribution in [2.75, 3.05) is 13.7 Å². The molecule has 3 nitrogen and oxygen atoms in total. The molecule has 0 aromatic rings. The van der Waals surface area contributed by atoms with Crippen LogP contribution < -0.4 is 0 Å². The minimum Gasteiger partial charge on any atom is -0.452 e. The molecule has 0 aliphatic carbocycles. The second-order valence-corrected chi connectivity index (χ2v) is 5.57. The number of carbonyl (C=O) groups is 1. The number of carbonyl (C=O) groups excluding carboxylic acids is 1. The molecular weight excluding hydrogens is 291 g/mol. The lowest BCUT2D eigenvalue weighted by Gasteiger charge is -2.26. The molecule has 2 aliphatic heterocycles. The zero-order chi connectivity index (χ0) is 13.5. The Balaban J connectivity index is 2.40. The molecule has 0 aromatic carbocycles. The maximum atomic E-state index is 12.7. The summed E-state index contributed by atoms with van der Waals surface area (Å²) in [6.45, 7) is 0.101. The summed E-state index contributed by atoms with van der Waals surface area (Å²) in [6.07, 6.45) is 0.769. The molecule has 0 unspecified atom stereocenters. The summed E-state index contributed by atoms with van der Waals surface area (Å²) in [6, 6.07) is 0. The Hall–Kier alpha value is -1.08. The largest absolute Gasteiger partial charge is 0.452 e. The van der Waals surface area contributed by atoms with Crippen LogP contribution in [0.15, 0.2) is 33.2 Å². The second kappa shape index (κ2) is 4.55. The maximum Gasteiger partial charge on any atom is 0.440 e. The van der Waals surface area contributed by atoms with E-state index in [0.717, 1.165) is 15.7 Å². The molecule has 0 fully saturated rings. The quantitative estimate of drug-likeness (QED) is 0.682. The Morgan fingerprint density at radius 1 is 1.50 bits per heavy atom. The normalized spacial score (nSPS) is 20.1. The molecule has 0 N–H and O–H groups in total. The molecule has 8 heteroatoms. The van der Waals surface area contributed by atoms with Gasteiger partial charge in [0.15, 0.2) is 0 Å². The van der Waals surface area contributed by atoms with Crippen LogP contribution in [0, 0.1) is 0 Å². The number of halogens is 4. The fraction of sp³-hybridized carbons (Fsp3) is 0.300. The van der Waals surface area contributed by atoms with Gasteiger partial charge in [-0.3, -0.25) is 4.90 Å². The number of allylic oxidation sites excluding steroid dienone is 1. The fourth-order valence-electron chi connectivity index (χ4n) is 1.59. The van der Waals surface area contributed by atoms with Crippen molar-refractivity contribution in [2.24, 2.45) is 0 Å². The van der Waals surface area contributed by atoms with Gasteiger partial charge in [-0.15, -0.1) is 0 Å². The van der Waals surface area contributed by atoms with Crippen molar-refractivity contribution >= 4 is 28.6 Å². The van der Waals surface area contributed by atoms with Crippen LogP contribution in [0.4, 0.5) is 18.0 Å². The monoisotopic (exact) mass is 298 g/mol. The van der Waals surface area contributed by atoms with Gasteiger partial charge in [0, 0.05) is 17.2 Å². The number of fused-ring (bicyclic) bond motifs is 1. The predicted molar refractivity (Wildman–Crippen MR) is 62.9 cm³/mol. The standard InChI is InChI=1S/C10H8ClF3NO2S/c1-17-9(16)15-3-2-7(11)6-4-18(5-8(6)15)10(12,13)14/h2,4-5H,3H2,1H3. The Kier molecular flexibility index (Phi) is 3.37. The summed E-state index contributed by atoms with van der Waals surface area (Å²) >= 11 is 5.86. The summed E-state index contributed by atoms with van der Waals surface area (Å²) in [7, 11) is -0.852. The molecule has 99 valence electrons. The van der Waals surface area contributed by atoms with E-state index in [-0.39, 0.29) is 22.8 Å². The van der Waals surface area contributed by atoms with Gasteiger partial charge in [0.25, 0.3) is 0 Å². The maximum absolute atomic E-state index is 12.7. The first-order valence-electron chi connectivity index (χ1n) is 4.79. The molecule has 0 aromatic heterocycles. The lowest BCUT2D eigenvalue weighted by molar-refractivity contribution is -0.0337. The zero-order valence-electron chi connectivity index (χ0n) is 9.12. The molecule has 1 radical (unpaired) electrons. The number of hydrogen-bond donors (Lipinski definition) is 0. The van der Waals surface area contributed by atoms with Crippen LogP contribution in [-0.4, -0.2) is 30.2 Å². The van der Waals surface area contributed by atoms with Gasteiger partial charge in [-0.25, -0.2) is 4.79 Å². The van der Waals surface area contributed by atoms with E-state index in [2.05, 4.69) is 4.74 Å². The third-order valence-corrected chi connectivity index (χ3v) is 4.28. The van der Waals surface area contributed by atoms with Crippen molar-refractivity contribution in [3.63, 3.8) is 0 Å². The first-order valence-corrected chi connectivity index (χ1v) is 6.51. The van der Waals surface area contributed by atoms with Crippen molar-refractivity contribution in [3.05, 3.63) is 33.2 Å². The number of alkyl halides is 3. The van der Waals surface area contributed by atoms with E-state index in [0.29, 0.717) is 0 Å². The highest BCUT2D eigenvalue weighted by atomic mass is 35.5. The third-order valence-electron chi connectivity index (χ3n) is 2.42. The molecule has 2 heterocycles. The zero-order valence-corrected chi connectivity index (χ0v) is 10.7. The average molecular weight is 299 g/mol. The van der Waals surface area contributed by atoms with Gasteiger partial charge in [-0.05, 0) is 16.9 Å². The first-order chi connectivity index (χ1) is 8.34. The van der Waals surface area contributed by atoms with Gasteiger partial charge in [-0.2, -0.15) is 13.2 Å². The SMILES string of the molecule is COC(=O)N1CC=C(Cl)C2=C[S](C(F)(F)F)C=C21. The van der Waals surface area contributed by atoms with Gasteiger partial charge >= 0.3 is 11.6 Å². The van der Waals surface area contributed by atoms with E-state index >= 15 is 0 Å². The van der Waals surface area contributed by atoms with Crippen LogP contribution in [0.1, 0.15) is 0 Å². The Morgan fingerprint density at radius 2 is 2.17 bits per heavy atom. The number of rotatable bonds is 0. The van der Waals surface area contributed by atoms with Crippen LogP contribution in [0.5, 0.6) is 0 Å². The smallest absolute Gasteiger partial charge is 0.440 e. The number of methoxy groups -OCH3 is 1. The highest BCUT2D eigenvalue weighted by Gasteiger charge is 2.42. The van der Waals surface area contributed by atoms with Crippen LogP contribution in [0.2, 0.25) is 0 Å². The summed E-state index contributed by atoms with van der Waals surface area (Å²) in [5.74, 6) is 0. The highest BCUT2D eigenvalue weighted by molar-refractivity contribution is 8.23. The lowest BCUT2D eigenvalue weighted by atomic mass is 10.1. The number of ether oxygens (including phenoxy) is 1. The topological polar surface area (TPSA) is 29.5 Å². The van der Waals surface area contributed by atoms with Gasteiger partial charge in [0.05, 0.1) is 12.8 Å². The van der Waals surface area contributed by atoms with E-state index < -0.39 is 22.5 Å². The highest BCUT2D eigenvalue weighted by Crippen LogP contribution is 2.55. The molecule has 0 atom stereocenters. The third kappa shape index (κ3) is 2.24. The van der Waals surface area contributed by atoms with E-state index in [9.17, 15) is 18.0 Å². The average Bonchev–Trinajstić information content (AvgIpc) is 2.74. The molecule has 1 amide bonds. The van der Waals surface area contributed by atoms with Crippen LogP contribution in [0.3, 0.4) is 0 Å². The molecule has 18 heavy (non-hydrogen) atoms. The van der Waals surface area contributed by atoms with Crippen molar-refractivity contribution in [1.82, 2.24) is 4.90 Å². The van der Waals surface area contributed by atoms with Crippen molar-refractivity contribution < 1.29 is 22.7 Å². The first kappa shape index (κ1) is 13.4. The van der Waals surface area contributed by atoms with Gasteiger partial charge < -0.3 is 4.74 Å². The van der Waals surface area contributed by atoms with Crippen LogP contribution >= 0.6 is 22.5 Å². The van der Waals surface area contributed by atoms with E-state index in [1.807, 2.05) is 0 Å². The number of nitrogens with zero attached hydrogens (tertiary/aromatic N) is 1. The van der Waals surface area contributed by atoms with Crippen molar-refractivity contribution in [1.29, 1.82) is 0 Å².